The predicted octanol–water partition coefficient (Wildman–Crippen LogP) is 1.59. The second-order valence-electron chi connectivity index (χ2n) is 4.50. The van der Waals surface area contributed by atoms with E-state index in [2.05, 4.69) is 0 Å². The Balaban J connectivity index is 2.45. The molecule has 1 aliphatic carbocycles. The highest BCUT2D eigenvalue weighted by atomic mass is 32.1. The minimum absolute atomic E-state index is 0.335. The van der Waals surface area contributed by atoms with Crippen molar-refractivity contribution in [1.82, 2.24) is 4.90 Å². The molecule has 3 N–H and O–H groups in total. The van der Waals surface area contributed by atoms with Crippen LogP contribution in [-0.4, -0.2) is 33.7 Å². The van der Waals surface area contributed by atoms with Crippen molar-refractivity contribution in [3.05, 3.63) is 0 Å². The third-order valence-electron chi connectivity index (χ3n) is 3.27. The van der Waals surface area contributed by atoms with Crippen molar-refractivity contribution in [3.8, 4) is 0 Å². The minimum atomic E-state index is -0.755. The maximum Gasteiger partial charge on any atom is 0.306 e. The normalized spacial score (nSPS) is 18.3. The number of thiocarbonyl (C=S) groups is 1. The molecule has 0 radical (unpaired) electrons. The van der Waals surface area contributed by atoms with Crippen molar-refractivity contribution in [3.63, 3.8) is 0 Å². The van der Waals surface area contributed by atoms with Crippen LogP contribution in [0.3, 0.4) is 0 Å². The van der Waals surface area contributed by atoms with E-state index in [-0.39, 0.29) is 5.92 Å². The van der Waals surface area contributed by atoms with Crippen molar-refractivity contribution < 1.29 is 9.90 Å². The van der Waals surface area contributed by atoms with Gasteiger partial charge >= 0.3 is 5.97 Å². The summed E-state index contributed by atoms with van der Waals surface area (Å²) in [5.74, 6) is -1.09. The van der Waals surface area contributed by atoms with Gasteiger partial charge in [-0.3, -0.25) is 4.79 Å². The summed E-state index contributed by atoms with van der Waals surface area (Å²) < 4.78 is 0. The Bertz CT molecular complexity index is 265. The smallest absolute Gasteiger partial charge is 0.306 e. The lowest BCUT2D eigenvalue weighted by atomic mass is 10.1. The number of hydrogen-bond donors (Lipinski definition) is 2. The van der Waals surface area contributed by atoms with Crippen LogP contribution in [0.1, 0.15) is 39.0 Å². The van der Waals surface area contributed by atoms with Crippen molar-refractivity contribution in [2.45, 2.75) is 45.1 Å². The van der Waals surface area contributed by atoms with Crippen LogP contribution >= 0.6 is 12.2 Å². The molecule has 0 bridgehead atoms. The fourth-order valence-electron chi connectivity index (χ4n) is 2.14. The monoisotopic (exact) mass is 244 g/mol. The first-order valence-electron chi connectivity index (χ1n) is 5.81. The molecule has 0 aliphatic heterocycles. The van der Waals surface area contributed by atoms with E-state index in [1.165, 1.54) is 12.8 Å². The second-order valence-corrected chi connectivity index (χ2v) is 4.92. The summed E-state index contributed by atoms with van der Waals surface area (Å²) >= 11 is 5.03. The number of carbonyl (C=O) groups is 1. The van der Waals surface area contributed by atoms with Gasteiger partial charge in [0.15, 0.2) is 5.11 Å². The molecule has 4 nitrogen and oxygen atoms in total. The number of carboxylic acid groups (broad SMARTS) is 1. The van der Waals surface area contributed by atoms with Gasteiger partial charge < -0.3 is 15.7 Å². The van der Waals surface area contributed by atoms with Gasteiger partial charge in [-0.25, -0.2) is 0 Å². The van der Waals surface area contributed by atoms with Crippen LogP contribution in [0.2, 0.25) is 0 Å². The average Bonchev–Trinajstić information content (AvgIpc) is 2.70. The highest BCUT2D eigenvalue weighted by Gasteiger charge is 2.24. The van der Waals surface area contributed by atoms with Gasteiger partial charge in [0, 0.05) is 12.6 Å². The Morgan fingerprint density at radius 3 is 2.56 bits per heavy atom. The Hall–Kier alpha value is -0.840. The SMILES string of the molecule is CC(CCN(C(N)=S)C1CCCC1)C(=O)O. The lowest BCUT2D eigenvalue weighted by Gasteiger charge is -2.29. The molecule has 0 heterocycles. The summed E-state index contributed by atoms with van der Waals surface area (Å²) in [5.41, 5.74) is 5.69. The van der Waals surface area contributed by atoms with Crippen LogP contribution in [0.15, 0.2) is 0 Å². The van der Waals surface area contributed by atoms with Gasteiger partial charge in [0.25, 0.3) is 0 Å². The molecule has 1 aliphatic rings. The van der Waals surface area contributed by atoms with Crippen molar-refractivity contribution in [2.75, 3.05) is 6.54 Å². The average molecular weight is 244 g/mol. The largest absolute Gasteiger partial charge is 0.481 e. The van der Waals surface area contributed by atoms with Gasteiger partial charge in [0.2, 0.25) is 0 Å². The van der Waals surface area contributed by atoms with Crippen LogP contribution in [0.4, 0.5) is 0 Å². The number of hydrogen-bond acceptors (Lipinski definition) is 2. The zero-order valence-corrected chi connectivity index (χ0v) is 10.5. The van der Waals surface area contributed by atoms with E-state index < -0.39 is 5.97 Å². The molecule has 0 aromatic rings. The van der Waals surface area contributed by atoms with Gasteiger partial charge in [-0.05, 0) is 31.5 Å². The molecule has 1 saturated carbocycles. The second kappa shape index (κ2) is 6.03. The number of nitrogens with zero attached hydrogens (tertiary/aromatic N) is 1. The van der Waals surface area contributed by atoms with E-state index in [1.807, 2.05) is 4.90 Å². The lowest BCUT2D eigenvalue weighted by molar-refractivity contribution is -0.141. The molecule has 1 atom stereocenters. The molecule has 0 aromatic heterocycles. The van der Waals surface area contributed by atoms with E-state index in [9.17, 15) is 4.79 Å². The van der Waals surface area contributed by atoms with Crippen LogP contribution < -0.4 is 5.73 Å². The fraction of sp³-hybridized carbons (Fsp3) is 0.818. The van der Waals surface area contributed by atoms with Crippen LogP contribution in [-0.2, 0) is 4.79 Å². The van der Waals surface area contributed by atoms with Crippen LogP contribution in [0, 0.1) is 5.92 Å². The summed E-state index contributed by atoms with van der Waals surface area (Å²) in [4.78, 5) is 12.7. The van der Waals surface area contributed by atoms with Crippen molar-refractivity contribution in [2.24, 2.45) is 11.7 Å². The number of nitrogens with two attached hydrogens (primary N) is 1. The zero-order chi connectivity index (χ0) is 12.1. The predicted molar refractivity (Wildman–Crippen MR) is 67.2 cm³/mol. The Morgan fingerprint density at radius 1 is 1.56 bits per heavy atom. The molecule has 0 aromatic carbocycles. The Kier molecular flexibility index (Phi) is 4.99. The third-order valence-corrected chi connectivity index (χ3v) is 3.51. The van der Waals surface area contributed by atoms with Gasteiger partial charge in [-0.2, -0.15) is 0 Å². The highest BCUT2D eigenvalue weighted by molar-refractivity contribution is 7.80. The molecule has 1 fully saturated rings. The standard InChI is InChI=1S/C11H20N2O2S/c1-8(10(14)15)6-7-13(11(12)16)9-4-2-3-5-9/h8-9H,2-7H2,1H3,(H2,12,16)(H,14,15). The van der Waals surface area contributed by atoms with Crippen molar-refractivity contribution in [1.29, 1.82) is 0 Å². The van der Waals surface area contributed by atoms with Crippen molar-refractivity contribution >= 4 is 23.3 Å². The van der Waals surface area contributed by atoms with E-state index in [4.69, 9.17) is 23.1 Å². The third kappa shape index (κ3) is 3.63. The van der Waals surface area contributed by atoms with E-state index >= 15 is 0 Å². The quantitative estimate of drug-likeness (QED) is 0.719. The van der Waals surface area contributed by atoms with Gasteiger partial charge in [-0.1, -0.05) is 19.8 Å². The maximum absolute atomic E-state index is 10.7. The summed E-state index contributed by atoms with van der Waals surface area (Å²) in [5, 5.41) is 9.22. The van der Waals surface area contributed by atoms with E-state index in [0.29, 0.717) is 24.1 Å². The topological polar surface area (TPSA) is 66.6 Å². The van der Waals surface area contributed by atoms with Gasteiger partial charge in [0.05, 0.1) is 5.92 Å². The molecule has 5 heteroatoms. The molecule has 0 spiro atoms. The van der Waals surface area contributed by atoms with E-state index in [0.717, 1.165) is 12.8 Å². The van der Waals surface area contributed by atoms with Gasteiger partial charge in [0.1, 0.15) is 0 Å². The maximum atomic E-state index is 10.7. The molecule has 16 heavy (non-hydrogen) atoms. The number of aliphatic carboxylic acids is 1. The first kappa shape index (κ1) is 13.2. The first-order chi connectivity index (χ1) is 7.52. The fourth-order valence-corrected chi connectivity index (χ4v) is 2.39. The van der Waals surface area contributed by atoms with Gasteiger partial charge in [-0.15, -0.1) is 0 Å². The van der Waals surface area contributed by atoms with Crippen LogP contribution in [0.25, 0.3) is 0 Å². The summed E-state index contributed by atoms with van der Waals surface area (Å²) in [7, 11) is 0. The number of carboxylic acids is 1. The molecule has 0 saturated heterocycles. The Labute approximate surface area is 102 Å². The minimum Gasteiger partial charge on any atom is -0.481 e. The Morgan fingerprint density at radius 2 is 2.12 bits per heavy atom. The molecule has 0 amide bonds. The highest BCUT2D eigenvalue weighted by Crippen LogP contribution is 2.24. The summed E-state index contributed by atoms with van der Waals surface area (Å²) in [6, 6.07) is 0.429. The van der Waals surface area contributed by atoms with E-state index in [1.54, 1.807) is 6.92 Å². The molecule has 1 rings (SSSR count). The molecular formula is C11H20N2O2S. The van der Waals surface area contributed by atoms with Crippen LogP contribution in [0.5, 0.6) is 0 Å². The molecular weight excluding hydrogens is 224 g/mol. The summed E-state index contributed by atoms with van der Waals surface area (Å²) in [6.07, 6.45) is 5.29. The molecule has 1 unspecified atom stereocenters. The summed E-state index contributed by atoms with van der Waals surface area (Å²) in [6.45, 7) is 2.38. The molecule has 92 valence electrons. The zero-order valence-electron chi connectivity index (χ0n) is 9.69. The number of rotatable bonds is 5. The lowest BCUT2D eigenvalue weighted by Crippen LogP contribution is -2.43. The first-order valence-corrected chi connectivity index (χ1v) is 6.22.